The number of benzene rings is 1. The third-order valence-corrected chi connectivity index (χ3v) is 3.56. The maximum atomic E-state index is 12.7. The fourth-order valence-electron chi connectivity index (χ4n) is 2.52. The van der Waals surface area contributed by atoms with Gasteiger partial charge in [0.2, 0.25) is 5.78 Å². The first-order valence-corrected chi connectivity index (χ1v) is 7.01. The van der Waals surface area contributed by atoms with Crippen molar-refractivity contribution >= 4 is 17.0 Å². The van der Waals surface area contributed by atoms with Gasteiger partial charge in [-0.3, -0.25) is 4.79 Å². The number of rotatable bonds is 3. The molecule has 2 heterocycles. The number of nitrogen functional groups attached to an aromatic ring is 1. The molecule has 8 heteroatoms. The Bertz CT molecular complexity index is 999. The SMILES string of the molecule is N#Cc1c(N)c(C(=O)c2ccc(OC(F)(F)F)cc2)n2ccccc12. The molecule has 0 amide bonds. The number of anilines is 1. The van der Waals surface area contributed by atoms with Gasteiger partial charge in [0, 0.05) is 11.8 Å². The van der Waals surface area contributed by atoms with E-state index in [-0.39, 0.29) is 22.5 Å². The molecule has 0 radical (unpaired) electrons. The summed E-state index contributed by atoms with van der Waals surface area (Å²) < 4.78 is 41.8. The van der Waals surface area contributed by atoms with Crippen molar-refractivity contribution in [1.82, 2.24) is 4.40 Å². The molecule has 0 spiro atoms. The number of alkyl halides is 3. The van der Waals surface area contributed by atoms with Crippen LogP contribution in [-0.2, 0) is 0 Å². The summed E-state index contributed by atoms with van der Waals surface area (Å²) in [6.45, 7) is 0. The fraction of sp³-hybridized carbons (Fsp3) is 0.0588. The highest BCUT2D eigenvalue weighted by molar-refractivity contribution is 6.13. The van der Waals surface area contributed by atoms with Gasteiger partial charge in [0.25, 0.3) is 0 Å². The summed E-state index contributed by atoms with van der Waals surface area (Å²) in [5.74, 6) is -0.950. The van der Waals surface area contributed by atoms with Crippen LogP contribution in [0.1, 0.15) is 21.6 Å². The summed E-state index contributed by atoms with van der Waals surface area (Å²) in [4.78, 5) is 12.7. The van der Waals surface area contributed by atoms with Crippen molar-refractivity contribution in [2.45, 2.75) is 6.36 Å². The van der Waals surface area contributed by atoms with Crippen molar-refractivity contribution in [2.24, 2.45) is 0 Å². The third-order valence-electron chi connectivity index (χ3n) is 3.56. The number of hydrogen-bond donors (Lipinski definition) is 1. The summed E-state index contributed by atoms with van der Waals surface area (Å²) in [6, 6.07) is 11.5. The standard InChI is InChI=1S/C17H10F3N3O2/c18-17(19,20)25-11-6-4-10(5-7-11)16(24)15-14(22)12(9-21)13-3-1-2-8-23(13)15/h1-8H,22H2. The van der Waals surface area contributed by atoms with Crippen LogP contribution >= 0.6 is 0 Å². The number of nitrogens with zero attached hydrogens (tertiary/aromatic N) is 2. The molecule has 25 heavy (non-hydrogen) atoms. The Balaban J connectivity index is 2.04. The smallest absolute Gasteiger partial charge is 0.406 e. The largest absolute Gasteiger partial charge is 0.573 e. The molecule has 3 aromatic rings. The molecule has 0 unspecified atom stereocenters. The average molecular weight is 345 g/mol. The zero-order valence-electron chi connectivity index (χ0n) is 12.5. The lowest BCUT2D eigenvalue weighted by Crippen LogP contribution is -2.17. The zero-order valence-corrected chi connectivity index (χ0v) is 12.5. The van der Waals surface area contributed by atoms with Gasteiger partial charge in [0.1, 0.15) is 23.1 Å². The lowest BCUT2D eigenvalue weighted by Gasteiger charge is -2.09. The normalized spacial score (nSPS) is 11.3. The van der Waals surface area contributed by atoms with E-state index in [0.29, 0.717) is 5.52 Å². The Labute approximate surface area is 139 Å². The predicted octanol–water partition coefficient (Wildman–Crippen LogP) is 3.52. The quantitative estimate of drug-likeness (QED) is 0.737. The molecule has 0 saturated carbocycles. The van der Waals surface area contributed by atoms with Gasteiger partial charge in [-0.1, -0.05) is 6.07 Å². The van der Waals surface area contributed by atoms with Crippen LogP contribution in [0.3, 0.4) is 0 Å². The molecule has 0 bridgehead atoms. The van der Waals surface area contributed by atoms with E-state index in [1.54, 1.807) is 24.4 Å². The Hall–Kier alpha value is -3.47. The highest BCUT2D eigenvalue weighted by atomic mass is 19.4. The average Bonchev–Trinajstić information content (AvgIpc) is 2.84. The predicted molar refractivity (Wildman–Crippen MR) is 83.1 cm³/mol. The van der Waals surface area contributed by atoms with Crippen molar-refractivity contribution in [2.75, 3.05) is 5.73 Å². The third kappa shape index (κ3) is 2.99. The molecule has 0 aliphatic carbocycles. The van der Waals surface area contributed by atoms with Crippen molar-refractivity contribution in [3.8, 4) is 11.8 Å². The number of carbonyl (C=O) groups is 1. The summed E-state index contributed by atoms with van der Waals surface area (Å²) in [5, 5.41) is 9.25. The van der Waals surface area contributed by atoms with Gasteiger partial charge in [-0.2, -0.15) is 5.26 Å². The number of ketones is 1. The monoisotopic (exact) mass is 345 g/mol. The maximum Gasteiger partial charge on any atom is 0.573 e. The fourth-order valence-corrected chi connectivity index (χ4v) is 2.52. The number of hydrogen-bond acceptors (Lipinski definition) is 4. The first-order chi connectivity index (χ1) is 11.8. The summed E-state index contributed by atoms with van der Waals surface area (Å²) >= 11 is 0. The Morgan fingerprint density at radius 1 is 1.16 bits per heavy atom. The summed E-state index contributed by atoms with van der Waals surface area (Å²) in [5.41, 5.74) is 6.81. The second kappa shape index (κ2) is 5.87. The molecule has 0 aliphatic rings. The minimum atomic E-state index is -4.81. The number of fused-ring (bicyclic) bond motifs is 1. The van der Waals surface area contributed by atoms with Crippen LogP contribution in [0.25, 0.3) is 5.52 Å². The van der Waals surface area contributed by atoms with E-state index in [4.69, 9.17) is 5.73 Å². The molecule has 1 aromatic carbocycles. The topological polar surface area (TPSA) is 80.5 Å². The van der Waals surface area contributed by atoms with E-state index >= 15 is 0 Å². The Kier molecular flexibility index (Phi) is 3.85. The van der Waals surface area contributed by atoms with E-state index in [1.165, 1.54) is 16.5 Å². The van der Waals surface area contributed by atoms with Gasteiger partial charge < -0.3 is 14.9 Å². The van der Waals surface area contributed by atoms with Crippen molar-refractivity contribution in [3.63, 3.8) is 0 Å². The van der Waals surface area contributed by atoms with Gasteiger partial charge >= 0.3 is 6.36 Å². The first-order valence-electron chi connectivity index (χ1n) is 7.01. The number of ether oxygens (including phenoxy) is 1. The molecule has 0 aliphatic heterocycles. The van der Waals surface area contributed by atoms with E-state index in [9.17, 15) is 23.2 Å². The molecule has 3 rings (SSSR count). The van der Waals surface area contributed by atoms with Crippen molar-refractivity contribution in [3.05, 3.63) is 65.5 Å². The zero-order chi connectivity index (χ0) is 18.2. The van der Waals surface area contributed by atoms with Gasteiger partial charge in [-0.15, -0.1) is 13.2 Å². The Morgan fingerprint density at radius 3 is 2.44 bits per heavy atom. The molecule has 0 fully saturated rings. The van der Waals surface area contributed by atoms with Crippen molar-refractivity contribution in [1.29, 1.82) is 5.26 Å². The number of aromatic nitrogens is 1. The van der Waals surface area contributed by atoms with Crippen LogP contribution in [0.4, 0.5) is 18.9 Å². The van der Waals surface area contributed by atoms with Crippen LogP contribution in [0, 0.1) is 11.3 Å². The molecular weight excluding hydrogens is 335 g/mol. The molecule has 0 saturated heterocycles. The maximum absolute atomic E-state index is 12.7. The molecule has 0 atom stereocenters. The highest BCUT2D eigenvalue weighted by Gasteiger charge is 2.31. The second-order valence-electron chi connectivity index (χ2n) is 5.11. The number of nitriles is 1. The number of nitrogens with two attached hydrogens (primary N) is 1. The van der Waals surface area contributed by atoms with Gasteiger partial charge in [-0.05, 0) is 36.4 Å². The van der Waals surface area contributed by atoms with Crippen LogP contribution in [0.2, 0.25) is 0 Å². The highest BCUT2D eigenvalue weighted by Crippen LogP contribution is 2.28. The van der Waals surface area contributed by atoms with Crippen LogP contribution in [-0.4, -0.2) is 16.5 Å². The van der Waals surface area contributed by atoms with E-state index in [2.05, 4.69) is 4.74 Å². The lowest BCUT2D eigenvalue weighted by atomic mass is 10.1. The number of pyridine rings is 1. The summed E-state index contributed by atoms with van der Waals surface area (Å²) in [6.07, 6.45) is -3.23. The van der Waals surface area contributed by atoms with Crippen LogP contribution < -0.4 is 10.5 Å². The number of carbonyl (C=O) groups excluding carboxylic acids is 1. The van der Waals surface area contributed by atoms with E-state index < -0.39 is 17.9 Å². The molecule has 5 nitrogen and oxygen atoms in total. The second-order valence-corrected chi connectivity index (χ2v) is 5.11. The number of halogens is 3. The minimum Gasteiger partial charge on any atom is -0.406 e. The first kappa shape index (κ1) is 16.4. The Morgan fingerprint density at radius 2 is 1.84 bits per heavy atom. The van der Waals surface area contributed by atoms with Gasteiger partial charge in [0.05, 0.1) is 11.2 Å². The van der Waals surface area contributed by atoms with Crippen molar-refractivity contribution < 1.29 is 22.7 Å². The molecule has 126 valence electrons. The van der Waals surface area contributed by atoms with Crippen LogP contribution in [0.15, 0.2) is 48.7 Å². The van der Waals surface area contributed by atoms with Gasteiger partial charge in [0.15, 0.2) is 0 Å². The van der Waals surface area contributed by atoms with Crippen LogP contribution in [0.5, 0.6) is 5.75 Å². The molecular formula is C17H10F3N3O2. The molecule has 2 N–H and O–H groups in total. The lowest BCUT2D eigenvalue weighted by molar-refractivity contribution is -0.274. The summed E-state index contributed by atoms with van der Waals surface area (Å²) in [7, 11) is 0. The molecule has 2 aromatic heterocycles. The van der Waals surface area contributed by atoms with Gasteiger partial charge in [-0.25, -0.2) is 0 Å². The minimum absolute atomic E-state index is 0.0225. The van der Waals surface area contributed by atoms with E-state index in [0.717, 1.165) is 12.1 Å². The van der Waals surface area contributed by atoms with E-state index in [1.807, 2.05) is 6.07 Å².